The second-order valence-electron chi connectivity index (χ2n) is 5.32. The molecule has 0 atom stereocenters. The Morgan fingerprint density at radius 3 is 2.55 bits per heavy atom. The smallest absolute Gasteiger partial charge is 0.260 e. The van der Waals surface area contributed by atoms with Gasteiger partial charge in [0.2, 0.25) is 0 Å². The largest absolute Gasteiger partial charge is 0.330 e. The molecule has 20 heavy (non-hydrogen) atoms. The average molecular weight is 300 g/mol. The maximum absolute atomic E-state index is 12.7. The van der Waals surface area contributed by atoms with E-state index in [1.165, 1.54) is 25.1 Å². The summed E-state index contributed by atoms with van der Waals surface area (Å²) in [5.74, 6) is 0. The zero-order valence-corrected chi connectivity index (χ0v) is 12.6. The number of rotatable bonds is 6. The van der Waals surface area contributed by atoms with Crippen LogP contribution in [0.1, 0.15) is 44.9 Å². The molecule has 1 aliphatic rings. The van der Waals surface area contributed by atoms with E-state index in [0.29, 0.717) is 19.5 Å². The van der Waals surface area contributed by atoms with Crippen LogP contribution in [-0.2, 0) is 10.0 Å². The number of aromatic amines is 1. The second kappa shape index (κ2) is 7.19. The van der Waals surface area contributed by atoms with Crippen molar-refractivity contribution in [1.29, 1.82) is 0 Å². The van der Waals surface area contributed by atoms with Gasteiger partial charge in [-0.05, 0) is 31.9 Å². The number of nitrogens with zero attached hydrogens (tertiary/aromatic N) is 2. The molecule has 1 fully saturated rings. The first-order chi connectivity index (χ1) is 9.66. The molecule has 0 unspecified atom stereocenters. The zero-order chi connectivity index (χ0) is 14.4. The van der Waals surface area contributed by atoms with Crippen molar-refractivity contribution in [1.82, 2.24) is 14.5 Å². The summed E-state index contributed by atoms with van der Waals surface area (Å²) >= 11 is 0. The summed E-state index contributed by atoms with van der Waals surface area (Å²) in [6, 6.07) is 1.61. The van der Waals surface area contributed by atoms with Gasteiger partial charge in [-0.15, -0.1) is 0 Å². The molecule has 0 radical (unpaired) electrons. The molecule has 0 amide bonds. The molecule has 1 heterocycles. The Hall–Kier alpha value is -0.920. The summed E-state index contributed by atoms with van der Waals surface area (Å²) in [6.07, 6.45) is 8.64. The number of nitrogens with two attached hydrogens (primary N) is 1. The Kier molecular flexibility index (Phi) is 5.56. The third kappa shape index (κ3) is 3.59. The summed E-state index contributed by atoms with van der Waals surface area (Å²) in [5.41, 5.74) is 5.56. The molecule has 3 N–H and O–H groups in total. The second-order valence-corrected chi connectivity index (χ2v) is 7.18. The molecule has 114 valence electrons. The molecule has 2 rings (SSSR count). The van der Waals surface area contributed by atoms with Crippen molar-refractivity contribution in [3.05, 3.63) is 12.3 Å². The molecule has 1 aromatic heterocycles. The highest BCUT2D eigenvalue weighted by Gasteiger charge is 2.32. The minimum Gasteiger partial charge on any atom is -0.330 e. The van der Waals surface area contributed by atoms with Gasteiger partial charge >= 0.3 is 0 Å². The van der Waals surface area contributed by atoms with Gasteiger partial charge in [-0.1, -0.05) is 25.7 Å². The number of H-pyrrole nitrogens is 1. The van der Waals surface area contributed by atoms with E-state index >= 15 is 0 Å². The number of sulfonamides is 1. The Morgan fingerprint density at radius 2 is 2.00 bits per heavy atom. The summed E-state index contributed by atoms with van der Waals surface area (Å²) in [4.78, 5) is 0. The summed E-state index contributed by atoms with van der Waals surface area (Å²) in [7, 11) is -3.49. The maximum atomic E-state index is 12.7. The molecule has 6 nitrogen and oxygen atoms in total. The topological polar surface area (TPSA) is 92.1 Å². The molecule has 1 aromatic rings. The van der Waals surface area contributed by atoms with Crippen molar-refractivity contribution in [3.63, 3.8) is 0 Å². The number of nitrogens with one attached hydrogen (secondary N) is 1. The summed E-state index contributed by atoms with van der Waals surface area (Å²) in [5, 5.41) is 6.52. The number of aromatic nitrogens is 2. The van der Waals surface area contributed by atoms with Crippen molar-refractivity contribution in [3.8, 4) is 0 Å². The van der Waals surface area contributed by atoms with E-state index in [9.17, 15) is 8.42 Å². The molecule has 1 aliphatic carbocycles. The molecule has 0 spiro atoms. The van der Waals surface area contributed by atoms with Crippen LogP contribution in [0.5, 0.6) is 0 Å². The lowest BCUT2D eigenvalue weighted by Gasteiger charge is -2.29. The van der Waals surface area contributed by atoms with Crippen molar-refractivity contribution in [2.75, 3.05) is 13.1 Å². The van der Waals surface area contributed by atoms with E-state index in [1.807, 2.05) is 0 Å². The van der Waals surface area contributed by atoms with Crippen LogP contribution in [0.25, 0.3) is 0 Å². The average Bonchev–Trinajstić information content (AvgIpc) is 2.85. The molecule has 0 aromatic carbocycles. The minimum atomic E-state index is -3.49. The Labute approximate surface area is 120 Å². The van der Waals surface area contributed by atoms with Gasteiger partial charge in [0.25, 0.3) is 10.0 Å². The highest BCUT2D eigenvalue weighted by molar-refractivity contribution is 7.89. The molecule has 0 bridgehead atoms. The summed E-state index contributed by atoms with van der Waals surface area (Å²) in [6.45, 7) is 0.990. The lowest BCUT2D eigenvalue weighted by atomic mass is 10.1. The summed E-state index contributed by atoms with van der Waals surface area (Å²) < 4.78 is 27.1. The van der Waals surface area contributed by atoms with E-state index in [2.05, 4.69) is 10.2 Å². The van der Waals surface area contributed by atoms with E-state index in [-0.39, 0.29) is 11.1 Å². The fraction of sp³-hybridized carbons (Fsp3) is 0.769. The van der Waals surface area contributed by atoms with E-state index in [4.69, 9.17) is 5.73 Å². The third-order valence-corrected chi connectivity index (χ3v) is 5.76. The van der Waals surface area contributed by atoms with Crippen LogP contribution in [0.15, 0.2) is 17.3 Å². The van der Waals surface area contributed by atoms with Crippen LogP contribution < -0.4 is 5.73 Å². The van der Waals surface area contributed by atoms with Crippen molar-refractivity contribution < 1.29 is 8.42 Å². The quantitative estimate of drug-likeness (QED) is 0.778. The SMILES string of the molecule is NCCCN(C1CCCCCC1)S(=O)(=O)c1ccn[nH]1. The predicted octanol–water partition coefficient (Wildman–Crippen LogP) is 1.47. The van der Waals surface area contributed by atoms with Crippen LogP contribution >= 0.6 is 0 Å². The van der Waals surface area contributed by atoms with E-state index in [0.717, 1.165) is 25.7 Å². The molecule has 0 saturated heterocycles. The van der Waals surface area contributed by atoms with Gasteiger partial charge in [-0.3, -0.25) is 5.10 Å². The highest BCUT2D eigenvalue weighted by atomic mass is 32.2. The first-order valence-electron chi connectivity index (χ1n) is 7.37. The van der Waals surface area contributed by atoms with Gasteiger partial charge < -0.3 is 5.73 Å². The Morgan fingerprint density at radius 1 is 1.30 bits per heavy atom. The Balaban J connectivity index is 2.21. The lowest BCUT2D eigenvalue weighted by Crippen LogP contribution is -2.41. The molecular formula is C13H24N4O2S. The van der Waals surface area contributed by atoms with Crippen LogP contribution in [0.4, 0.5) is 0 Å². The first kappa shape index (κ1) is 15.5. The van der Waals surface area contributed by atoms with Crippen LogP contribution in [0.2, 0.25) is 0 Å². The lowest BCUT2D eigenvalue weighted by molar-refractivity contribution is 0.289. The molecule has 0 aliphatic heterocycles. The monoisotopic (exact) mass is 300 g/mol. The fourth-order valence-corrected chi connectivity index (χ4v) is 4.43. The molecule has 1 saturated carbocycles. The van der Waals surface area contributed by atoms with Crippen molar-refractivity contribution in [2.45, 2.75) is 56.0 Å². The normalized spacial score (nSPS) is 18.3. The zero-order valence-electron chi connectivity index (χ0n) is 11.8. The van der Waals surface area contributed by atoms with Gasteiger partial charge in [0.15, 0.2) is 5.03 Å². The van der Waals surface area contributed by atoms with Gasteiger partial charge in [0, 0.05) is 12.6 Å². The van der Waals surface area contributed by atoms with Crippen LogP contribution in [0, 0.1) is 0 Å². The van der Waals surface area contributed by atoms with Gasteiger partial charge in [0.1, 0.15) is 0 Å². The van der Waals surface area contributed by atoms with Gasteiger partial charge in [-0.2, -0.15) is 9.40 Å². The first-order valence-corrected chi connectivity index (χ1v) is 8.81. The van der Waals surface area contributed by atoms with Crippen LogP contribution in [0.3, 0.4) is 0 Å². The van der Waals surface area contributed by atoms with Gasteiger partial charge in [0.05, 0.1) is 6.20 Å². The molecular weight excluding hydrogens is 276 g/mol. The van der Waals surface area contributed by atoms with Crippen molar-refractivity contribution in [2.24, 2.45) is 5.73 Å². The fourth-order valence-electron chi connectivity index (χ4n) is 2.81. The van der Waals surface area contributed by atoms with Crippen LogP contribution in [-0.4, -0.2) is 42.1 Å². The highest BCUT2D eigenvalue weighted by Crippen LogP contribution is 2.26. The van der Waals surface area contributed by atoms with E-state index < -0.39 is 10.0 Å². The standard InChI is InChI=1S/C13H24N4O2S/c14-9-5-11-17(12-6-3-1-2-4-7-12)20(18,19)13-8-10-15-16-13/h8,10,12H,1-7,9,11,14H2,(H,15,16). The predicted molar refractivity (Wildman–Crippen MR) is 77.6 cm³/mol. The maximum Gasteiger partial charge on any atom is 0.260 e. The van der Waals surface area contributed by atoms with Gasteiger partial charge in [-0.25, -0.2) is 8.42 Å². The van der Waals surface area contributed by atoms with Crippen molar-refractivity contribution >= 4 is 10.0 Å². The third-order valence-electron chi connectivity index (χ3n) is 3.88. The molecule has 7 heteroatoms. The minimum absolute atomic E-state index is 0.0948. The van der Waals surface area contributed by atoms with E-state index in [1.54, 1.807) is 4.31 Å². The Bertz CT molecular complexity index is 478. The number of hydrogen-bond donors (Lipinski definition) is 2. The number of hydrogen-bond acceptors (Lipinski definition) is 4.